The Kier molecular flexibility index (Phi) is 7.29. The number of halogens is 2. The first-order valence-corrected chi connectivity index (χ1v) is 11.7. The second-order valence-corrected chi connectivity index (χ2v) is 9.61. The zero-order valence-electron chi connectivity index (χ0n) is 18.1. The standard InChI is InChI=1S/C23H20ClFN4O5S/c24-19-9-8-18(35-19)22(32)26-14-11-17(23(33)34)27(12-14)13-21(31)29(25)16-6-4-15(5-7-16)28-10-2-1-3-20(28)30/h1-10,14,17H,11-13H2,(H,26,32)(H,33,34)/t14-,17+/m1/s1. The number of nitrogens with zero attached hydrogens (tertiary/aromatic N) is 3. The fraction of sp³-hybridized carbons (Fsp3) is 0.217. The highest BCUT2D eigenvalue weighted by atomic mass is 35.5. The van der Waals surface area contributed by atoms with E-state index < -0.39 is 36.4 Å². The molecule has 1 aliphatic rings. The number of benzene rings is 1. The van der Waals surface area contributed by atoms with Crippen LogP contribution in [0.1, 0.15) is 16.1 Å². The van der Waals surface area contributed by atoms with Crippen molar-refractivity contribution < 1.29 is 24.0 Å². The van der Waals surface area contributed by atoms with E-state index in [0.29, 0.717) is 14.9 Å². The Morgan fingerprint density at radius 1 is 1.14 bits per heavy atom. The first-order chi connectivity index (χ1) is 16.7. The number of nitrogens with one attached hydrogen (secondary N) is 1. The van der Waals surface area contributed by atoms with Crippen molar-refractivity contribution in [2.45, 2.75) is 18.5 Å². The van der Waals surface area contributed by atoms with Crippen LogP contribution in [0, 0.1) is 0 Å². The summed E-state index contributed by atoms with van der Waals surface area (Å²) in [5.41, 5.74) is 0.176. The Balaban J connectivity index is 1.41. The van der Waals surface area contributed by atoms with Gasteiger partial charge in [-0.15, -0.1) is 16.5 Å². The maximum Gasteiger partial charge on any atom is 0.321 e. The number of amides is 2. The van der Waals surface area contributed by atoms with Crippen molar-refractivity contribution in [3.8, 4) is 5.69 Å². The number of aromatic nitrogens is 1. The van der Waals surface area contributed by atoms with E-state index in [2.05, 4.69) is 5.32 Å². The lowest BCUT2D eigenvalue weighted by Gasteiger charge is -2.22. The maximum atomic E-state index is 14.8. The third-order valence-corrected chi connectivity index (χ3v) is 6.79. The molecule has 1 fully saturated rings. The lowest BCUT2D eigenvalue weighted by molar-refractivity contribution is -0.142. The van der Waals surface area contributed by atoms with Gasteiger partial charge in [0.1, 0.15) is 6.04 Å². The van der Waals surface area contributed by atoms with Crippen molar-refractivity contribution in [1.82, 2.24) is 14.8 Å². The van der Waals surface area contributed by atoms with E-state index in [0.717, 1.165) is 11.3 Å². The minimum atomic E-state index is -1.17. The number of carboxylic acid groups (broad SMARTS) is 1. The van der Waals surface area contributed by atoms with Crippen LogP contribution in [-0.2, 0) is 9.59 Å². The van der Waals surface area contributed by atoms with Crippen LogP contribution in [0.5, 0.6) is 0 Å². The van der Waals surface area contributed by atoms with Crippen LogP contribution in [0.15, 0.2) is 65.6 Å². The largest absolute Gasteiger partial charge is 0.480 e. The minimum absolute atomic E-state index is 0.0595. The van der Waals surface area contributed by atoms with E-state index in [-0.39, 0.29) is 29.3 Å². The Bertz CT molecular complexity index is 1310. The van der Waals surface area contributed by atoms with Crippen molar-refractivity contribution in [2.75, 3.05) is 18.2 Å². The van der Waals surface area contributed by atoms with Crippen molar-refractivity contribution >= 4 is 46.4 Å². The Hall–Kier alpha value is -3.54. The number of anilines is 1. The lowest BCUT2D eigenvalue weighted by atomic mass is 10.1. The molecule has 12 heteroatoms. The highest BCUT2D eigenvalue weighted by Gasteiger charge is 2.39. The number of carboxylic acids is 1. The highest BCUT2D eigenvalue weighted by molar-refractivity contribution is 7.18. The summed E-state index contributed by atoms with van der Waals surface area (Å²) in [6.45, 7) is -0.429. The Morgan fingerprint density at radius 2 is 1.89 bits per heavy atom. The van der Waals surface area contributed by atoms with E-state index in [1.54, 1.807) is 30.5 Å². The van der Waals surface area contributed by atoms with Crippen molar-refractivity contribution in [3.63, 3.8) is 0 Å². The number of aliphatic carboxylic acids is 1. The Morgan fingerprint density at radius 3 is 2.51 bits per heavy atom. The maximum absolute atomic E-state index is 14.8. The molecule has 2 atom stereocenters. The Labute approximate surface area is 207 Å². The molecule has 0 bridgehead atoms. The predicted molar refractivity (Wildman–Crippen MR) is 129 cm³/mol. The van der Waals surface area contributed by atoms with Crippen LogP contribution >= 0.6 is 22.9 Å². The van der Waals surface area contributed by atoms with Gasteiger partial charge in [-0.25, -0.2) is 0 Å². The molecule has 182 valence electrons. The molecule has 3 aromatic rings. The molecule has 0 saturated carbocycles. The van der Waals surface area contributed by atoms with Gasteiger partial charge in [0.25, 0.3) is 17.4 Å². The molecule has 1 aromatic carbocycles. The van der Waals surface area contributed by atoms with Gasteiger partial charge in [-0.3, -0.25) is 28.6 Å². The number of thiophene rings is 1. The SMILES string of the molecule is O=C(N[C@@H]1C[C@@H](C(=O)O)N(CC(=O)N(F)c2ccc(-n3ccccc3=O)cc2)C1)c1ccc(Cl)s1. The summed E-state index contributed by atoms with van der Waals surface area (Å²) >= 11 is 6.95. The molecule has 3 heterocycles. The van der Waals surface area contributed by atoms with Gasteiger partial charge >= 0.3 is 5.97 Å². The summed E-state index contributed by atoms with van der Waals surface area (Å²) in [6.07, 6.45) is 1.64. The molecule has 2 aromatic heterocycles. The van der Waals surface area contributed by atoms with Crippen LogP contribution < -0.4 is 16.0 Å². The van der Waals surface area contributed by atoms with Crippen LogP contribution in [0.25, 0.3) is 5.69 Å². The number of carbonyl (C=O) groups is 3. The van der Waals surface area contributed by atoms with E-state index in [4.69, 9.17) is 11.6 Å². The van der Waals surface area contributed by atoms with Gasteiger partial charge in [0, 0.05) is 30.5 Å². The summed E-state index contributed by atoms with van der Waals surface area (Å²) < 4.78 is 16.6. The number of likely N-dealkylation sites (tertiary alicyclic amines) is 1. The second-order valence-electron chi connectivity index (χ2n) is 7.89. The first-order valence-electron chi connectivity index (χ1n) is 10.5. The molecule has 0 unspecified atom stereocenters. The third kappa shape index (κ3) is 5.59. The molecule has 2 N–H and O–H groups in total. The van der Waals surface area contributed by atoms with Crippen molar-refractivity contribution in [2.24, 2.45) is 0 Å². The topological polar surface area (TPSA) is 112 Å². The molecule has 1 saturated heterocycles. The zero-order chi connectivity index (χ0) is 25.1. The van der Waals surface area contributed by atoms with Crippen LogP contribution in [0.2, 0.25) is 4.34 Å². The number of hydrogen-bond acceptors (Lipinski definition) is 6. The fourth-order valence-corrected chi connectivity index (χ4v) is 4.84. The van der Waals surface area contributed by atoms with Crippen molar-refractivity contribution in [1.29, 1.82) is 0 Å². The minimum Gasteiger partial charge on any atom is -0.480 e. The molecule has 0 radical (unpaired) electrons. The van der Waals surface area contributed by atoms with E-state index in [9.17, 15) is 28.8 Å². The molecular weight excluding hydrogens is 499 g/mol. The van der Waals surface area contributed by atoms with Gasteiger partial charge in [-0.05, 0) is 48.9 Å². The quantitative estimate of drug-likeness (QED) is 0.465. The van der Waals surface area contributed by atoms with Gasteiger partial charge in [0.15, 0.2) is 0 Å². The molecule has 35 heavy (non-hydrogen) atoms. The monoisotopic (exact) mass is 518 g/mol. The summed E-state index contributed by atoms with van der Waals surface area (Å²) in [5, 5.41) is 12.3. The summed E-state index contributed by atoms with van der Waals surface area (Å²) in [4.78, 5) is 50.3. The smallest absolute Gasteiger partial charge is 0.321 e. The molecule has 9 nitrogen and oxygen atoms in total. The first kappa shape index (κ1) is 24.6. The molecule has 0 aliphatic carbocycles. The molecule has 0 spiro atoms. The number of rotatable bonds is 7. The third-order valence-electron chi connectivity index (χ3n) is 5.56. The predicted octanol–water partition coefficient (Wildman–Crippen LogP) is 2.73. The molecule has 2 amide bonds. The number of hydrogen-bond donors (Lipinski definition) is 2. The number of pyridine rings is 1. The van der Waals surface area contributed by atoms with E-state index in [1.165, 1.54) is 39.8 Å². The van der Waals surface area contributed by atoms with Crippen molar-refractivity contribution in [3.05, 3.63) is 80.4 Å². The second kappa shape index (κ2) is 10.4. The lowest BCUT2D eigenvalue weighted by Crippen LogP contribution is -2.43. The summed E-state index contributed by atoms with van der Waals surface area (Å²) in [5.74, 6) is -2.52. The van der Waals surface area contributed by atoms with E-state index >= 15 is 0 Å². The van der Waals surface area contributed by atoms with Gasteiger partial charge in [-0.1, -0.05) is 22.1 Å². The molecule has 4 rings (SSSR count). The molecular formula is C23H20ClFN4O5S. The zero-order valence-corrected chi connectivity index (χ0v) is 19.7. The van der Waals surface area contributed by atoms with Crippen LogP contribution in [-0.4, -0.2) is 57.5 Å². The highest BCUT2D eigenvalue weighted by Crippen LogP contribution is 2.24. The van der Waals surface area contributed by atoms with Gasteiger partial charge in [-0.2, -0.15) is 0 Å². The average molecular weight is 519 g/mol. The normalized spacial score (nSPS) is 17.8. The molecule has 1 aliphatic heterocycles. The number of carbonyl (C=O) groups excluding carboxylic acids is 2. The van der Waals surface area contributed by atoms with E-state index in [1.807, 2.05) is 0 Å². The summed E-state index contributed by atoms with van der Waals surface area (Å²) in [7, 11) is 0. The van der Waals surface area contributed by atoms with Gasteiger partial charge < -0.3 is 10.4 Å². The fourth-order valence-electron chi connectivity index (χ4n) is 3.90. The van der Waals surface area contributed by atoms with Gasteiger partial charge in [0.05, 0.1) is 21.4 Å². The van der Waals surface area contributed by atoms with Crippen LogP contribution in [0.3, 0.4) is 0 Å². The average Bonchev–Trinajstić information content (AvgIpc) is 3.45. The van der Waals surface area contributed by atoms with Gasteiger partial charge in [0.2, 0.25) is 0 Å². The van der Waals surface area contributed by atoms with Crippen LogP contribution in [0.4, 0.5) is 10.2 Å². The summed E-state index contributed by atoms with van der Waals surface area (Å²) in [6, 6.07) is 11.9.